The zero-order chi connectivity index (χ0) is 13.3. The summed E-state index contributed by atoms with van der Waals surface area (Å²) in [5, 5.41) is 11.7. The first kappa shape index (κ1) is 12.6. The molecule has 100 valence electrons. The molecule has 0 aliphatic carbocycles. The van der Waals surface area contributed by atoms with E-state index in [4.69, 9.17) is 4.74 Å². The molecule has 3 heteroatoms. The summed E-state index contributed by atoms with van der Waals surface area (Å²) >= 11 is 0. The van der Waals surface area contributed by atoms with E-state index >= 15 is 0 Å². The van der Waals surface area contributed by atoms with Gasteiger partial charge in [0.25, 0.3) is 0 Å². The Morgan fingerprint density at radius 2 is 2.16 bits per heavy atom. The third-order valence-electron chi connectivity index (χ3n) is 4.01. The highest BCUT2D eigenvalue weighted by atomic mass is 16.5. The third kappa shape index (κ3) is 2.36. The minimum absolute atomic E-state index is 0.484. The van der Waals surface area contributed by atoms with Crippen LogP contribution < -0.4 is 0 Å². The van der Waals surface area contributed by atoms with Gasteiger partial charge >= 0.3 is 0 Å². The van der Waals surface area contributed by atoms with Crippen LogP contribution in [-0.2, 0) is 4.74 Å². The summed E-state index contributed by atoms with van der Waals surface area (Å²) in [4.78, 5) is 4.41. The van der Waals surface area contributed by atoms with E-state index in [1.54, 1.807) is 6.20 Å². The summed E-state index contributed by atoms with van der Waals surface area (Å²) in [6.07, 6.45) is 4.22. The van der Waals surface area contributed by atoms with Crippen LogP contribution in [0.4, 0.5) is 0 Å². The van der Waals surface area contributed by atoms with E-state index in [0.717, 1.165) is 42.3 Å². The van der Waals surface area contributed by atoms with Gasteiger partial charge in [0, 0.05) is 23.8 Å². The molecular weight excluding hydrogens is 238 g/mol. The van der Waals surface area contributed by atoms with E-state index in [2.05, 4.69) is 4.98 Å². The van der Waals surface area contributed by atoms with Crippen LogP contribution in [0.3, 0.4) is 0 Å². The lowest BCUT2D eigenvalue weighted by Crippen LogP contribution is -2.39. The molecule has 0 amide bonds. The highest BCUT2D eigenvalue weighted by molar-refractivity contribution is 5.78. The lowest BCUT2D eigenvalue weighted by molar-refractivity contribution is -0.138. The first-order chi connectivity index (χ1) is 9.19. The van der Waals surface area contributed by atoms with Crippen LogP contribution in [0.25, 0.3) is 10.9 Å². The molecule has 1 saturated heterocycles. The topological polar surface area (TPSA) is 42.4 Å². The van der Waals surface area contributed by atoms with Crippen LogP contribution in [-0.4, -0.2) is 22.3 Å². The number of aliphatic hydroxyl groups is 1. The molecule has 0 bridgehead atoms. The predicted molar refractivity (Wildman–Crippen MR) is 74.9 cm³/mol. The van der Waals surface area contributed by atoms with Gasteiger partial charge in [-0.05, 0) is 38.3 Å². The number of nitrogens with zero attached hydrogens (tertiary/aromatic N) is 1. The second-order valence-electron chi connectivity index (χ2n) is 5.48. The Labute approximate surface area is 113 Å². The quantitative estimate of drug-likeness (QED) is 0.898. The van der Waals surface area contributed by atoms with E-state index in [-0.39, 0.29) is 0 Å². The van der Waals surface area contributed by atoms with E-state index in [1.807, 2.05) is 37.3 Å². The zero-order valence-corrected chi connectivity index (χ0v) is 11.2. The second-order valence-corrected chi connectivity index (χ2v) is 5.48. The molecular formula is C16H19NO2. The van der Waals surface area contributed by atoms with Gasteiger partial charge in [0.05, 0.1) is 11.1 Å². The van der Waals surface area contributed by atoms with Gasteiger partial charge in [0.1, 0.15) is 6.10 Å². The Bertz CT molecular complexity index is 576. The van der Waals surface area contributed by atoms with Crippen LogP contribution in [0.2, 0.25) is 0 Å². The number of benzene rings is 1. The van der Waals surface area contributed by atoms with Crippen molar-refractivity contribution in [2.24, 2.45) is 0 Å². The van der Waals surface area contributed by atoms with Gasteiger partial charge in [0.15, 0.2) is 0 Å². The molecule has 1 aromatic heterocycles. The maximum Gasteiger partial charge on any atom is 0.109 e. The molecule has 2 atom stereocenters. The number of rotatable bonds is 2. The Hall–Kier alpha value is -1.45. The fraction of sp³-hybridized carbons (Fsp3) is 0.438. The van der Waals surface area contributed by atoms with Gasteiger partial charge in [0.2, 0.25) is 0 Å². The fourth-order valence-corrected chi connectivity index (χ4v) is 2.76. The highest BCUT2D eigenvalue weighted by Gasteiger charge is 2.36. The van der Waals surface area contributed by atoms with Gasteiger partial charge in [-0.2, -0.15) is 0 Å². The Balaban J connectivity index is 1.94. The average Bonchev–Trinajstić information content (AvgIpc) is 2.47. The van der Waals surface area contributed by atoms with Crippen LogP contribution in [0, 0.1) is 0 Å². The van der Waals surface area contributed by atoms with E-state index in [9.17, 15) is 5.11 Å². The smallest absolute Gasteiger partial charge is 0.109 e. The molecule has 2 unspecified atom stereocenters. The number of hydrogen-bond acceptors (Lipinski definition) is 3. The van der Waals surface area contributed by atoms with Crippen molar-refractivity contribution in [1.82, 2.24) is 4.98 Å². The summed E-state index contributed by atoms with van der Waals surface area (Å²) in [5.41, 5.74) is 1.30. The number of aliphatic hydroxyl groups excluding tert-OH is 1. The Morgan fingerprint density at radius 1 is 1.32 bits per heavy atom. The molecule has 0 radical (unpaired) electrons. The number of pyridine rings is 1. The molecule has 0 saturated carbocycles. The van der Waals surface area contributed by atoms with Crippen LogP contribution in [0.15, 0.2) is 36.5 Å². The highest BCUT2D eigenvalue weighted by Crippen LogP contribution is 2.36. The molecule has 1 aliphatic rings. The molecule has 2 aromatic rings. The second kappa shape index (κ2) is 4.91. The number of fused-ring (bicyclic) bond motifs is 1. The largest absolute Gasteiger partial charge is 0.385 e. The van der Waals surface area contributed by atoms with Crippen molar-refractivity contribution in [3.8, 4) is 0 Å². The molecule has 1 N–H and O–H groups in total. The van der Waals surface area contributed by atoms with E-state index in [1.165, 1.54) is 0 Å². The molecule has 3 rings (SSSR count). The average molecular weight is 257 g/mol. The molecule has 0 spiro atoms. The molecule has 1 aliphatic heterocycles. The zero-order valence-electron chi connectivity index (χ0n) is 11.2. The van der Waals surface area contributed by atoms with E-state index < -0.39 is 11.7 Å². The molecule has 1 aromatic carbocycles. The fourth-order valence-electron chi connectivity index (χ4n) is 2.76. The monoisotopic (exact) mass is 257 g/mol. The van der Waals surface area contributed by atoms with Gasteiger partial charge < -0.3 is 9.84 Å². The number of para-hydroxylation sites is 1. The third-order valence-corrected chi connectivity index (χ3v) is 4.01. The van der Waals surface area contributed by atoms with Crippen molar-refractivity contribution in [3.05, 3.63) is 42.1 Å². The molecule has 3 nitrogen and oxygen atoms in total. The molecule has 19 heavy (non-hydrogen) atoms. The maximum atomic E-state index is 10.6. The maximum absolute atomic E-state index is 10.6. The summed E-state index contributed by atoms with van der Waals surface area (Å²) in [5.74, 6) is 0. The lowest BCUT2D eigenvalue weighted by atomic mass is 9.86. The van der Waals surface area contributed by atoms with Crippen molar-refractivity contribution in [3.63, 3.8) is 0 Å². The summed E-state index contributed by atoms with van der Waals surface area (Å²) in [7, 11) is 0. The number of hydrogen-bond donors (Lipinski definition) is 1. The van der Waals surface area contributed by atoms with Crippen LogP contribution in [0.1, 0.15) is 37.9 Å². The van der Waals surface area contributed by atoms with Crippen molar-refractivity contribution >= 4 is 10.9 Å². The normalized spacial score (nSPS) is 25.4. The van der Waals surface area contributed by atoms with Gasteiger partial charge in [-0.3, -0.25) is 4.98 Å². The van der Waals surface area contributed by atoms with Crippen molar-refractivity contribution < 1.29 is 9.84 Å². The Morgan fingerprint density at radius 3 is 2.95 bits per heavy atom. The number of aromatic nitrogens is 1. The molecule has 2 heterocycles. The minimum Gasteiger partial charge on any atom is -0.385 e. The lowest BCUT2D eigenvalue weighted by Gasteiger charge is -2.38. The summed E-state index contributed by atoms with van der Waals surface area (Å²) < 4.78 is 5.82. The predicted octanol–water partition coefficient (Wildman–Crippen LogP) is 3.23. The standard InChI is InChI=1S/C16H19NO2/c1-16(8-4-5-9-19-16)15(18)13-10-12-6-2-3-7-14(12)17-11-13/h2-3,6-7,10-11,15,18H,4-5,8-9H2,1H3. The van der Waals surface area contributed by atoms with Gasteiger partial charge in [-0.15, -0.1) is 0 Å². The summed E-state index contributed by atoms with van der Waals surface area (Å²) in [6.45, 7) is 2.72. The molecule has 1 fully saturated rings. The van der Waals surface area contributed by atoms with Crippen molar-refractivity contribution in [1.29, 1.82) is 0 Å². The van der Waals surface area contributed by atoms with E-state index in [0.29, 0.717) is 0 Å². The Kier molecular flexibility index (Phi) is 3.25. The van der Waals surface area contributed by atoms with Gasteiger partial charge in [-0.1, -0.05) is 18.2 Å². The van der Waals surface area contributed by atoms with Crippen LogP contribution in [0.5, 0.6) is 0 Å². The first-order valence-corrected chi connectivity index (χ1v) is 6.86. The van der Waals surface area contributed by atoms with Gasteiger partial charge in [-0.25, -0.2) is 0 Å². The minimum atomic E-state index is -0.620. The summed E-state index contributed by atoms with van der Waals surface area (Å²) in [6, 6.07) is 9.96. The van der Waals surface area contributed by atoms with Crippen molar-refractivity contribution in [2.75, 3.05) is 6.61 Å². The number of ether oxygens (including phenoxy) is 1. The van der Waals surface area contributed by atoms with Crippen molar-refractivity contribution in [2.45, 2.75) is 37.9 Å². The SMILES string of the molecule is CC1(C(O)c2cnc3ccccc3c2)CCCCO1. The van der Waals surface area contributed by atoms with Crippen LogP contribution >= 0.6 is 0 Å². The first-order valence-electron chi connectivity index (χ1n) is 6.86.